The number of thiophene rings is 1. The maximum atomic E-state index is 4.03. The summed E-state index contributed by atoms with van der Waals surface area (Å²) in [6.45, 7) is 4.03. The molecular formula is C13H13S. The molecule has 2 rings (SSSR count). The molecule has 0 bridgehead atoms. The van der Waals surface area contributed by atoms with Gasteiger partial charge in [0.15, 0.2) is 0 Å². The summed E-state index contributed by atoms with van der Waals surface area (Å²) in [5.74, 6) is 0.469. The van der Waals surface area contributed by atoms with Crippen LogP contribution in [0.2, 0.25) is 0 Å². The van der Waals surface area contributed by atoms with E-state index in [0.29, 0.717) is 5.92 Å². The zero-order valence-corrected chi connectivity index (χ0v) is 8.84. The van der Waals surface area contributed by atoms with Gasteiger partial charge in [0.25, 0.3) is 0 Å². The molecule has 0 saturated heterocycles. The van der Waals surface area contributed by atoms with E-state index in [0.717, 1.165) is 6.42 Å². The fourth-order valence-electron chi connectivity index (χ4n) is 1.65. The summed E-state index contributed by atoms with van der Waals surface area (Å²) in [6, 6.07) is 14.9. The van der Waals surface area contributed by atoms with Gasteiger partial charge in [-0.05, 0) is 23.4 Å². The third-order valence-electron chi connectivity index (χ3n) is 2.38. The highest BCUT2D eigenvalue weighted by molar-refractivity contribution is 7.10. The average molecular weight is 201 g/mol. The second-order valence-electron chi connectivity index (χ2n) is 3.27. The van der Waals surface area contributed by atoms with Crippen molar-refractivity contribution in [3.8, 4) is 0 Å². The summed E-state index contributed by atoms with van der Waals surface area (Å²) >= 11 is 1.81. The third-order valence-corrected chi connectivity index (χ3v) is 3.36. The summed E-state index contributed by atoms with van der Waals surface area (Å²) in [4.78, 5) is 1.41. The van der Waals surface area contributed by atoms with E-state index in [9.17, 15) is 0 Å². The Bertz CT molecular complexity index is 361. The van der Waals surface area contributed by atoms with Gasteiger partial charge >= 0.3 is 0 Å². The summed E-state index contributed by atoms with van der Waals surface area (Å²) in [7, 11) is 0. The second kappa shape index (κ2) is 4.43. The third kappa shape index (κ3) is 1.88. The van der Waals surface area contributed by atoms with E-state index in [4.69, 9.17) is 0 Å². The molecule has 1 aromatic heterocycles. The molecule has 1 heterocycles. The molecule has 0 amide bonds. The van der Waals surface area contributed by atoms with Crippen molar-refractivity contribution in [2.45, 2.75) is 12.3 Å². The largest absolute Gasteiger partial charge is 0.148 e. The molecule has 14 heavy (non-hydrogen) atoms. The number of benzene rings is 1. The molecular weight excluding hydrogens is 188 g/mol. The number of hydrogen-bond acceptors (Lipinski definition) is 1. The minimum absolute atomic E-state index is 0.469. The lowest BCUT2D eigenvalue weighted by molar-refractivity contribution is 0.846. The predicted molar refractivity (Wildman–Crippen MR) is 62.6 cm³/mol. The zero-order chi connectivity index (χ0) is 9.80. The van der Waals surface area contributed by atoms with Crippen molar-refractivity contribution in [2.75, 3.05) is 0 Å². The minimum Gasteiger partial charge on any atom is -0.148 e. The van der Waals surface area contributed by atoms with Gasteiger partial charge in [0.05, 0.1) is 0 Å². The van der Waals surface area contributed by atoms with Gasteiger partial charge in [0.2, 0.25) is 0 Å². The van der Waals surface area contributed by atoms with E-state index < -0.39 is 0 Å². The Balaban J connectivity index is 2.31. The topological polar surface area (TPSA) is 0 Å². The lowest BCUT2D eigenvalue weighted by Crippen LogP contribution is -1.96. The molecule has 0 saturated carbocycles. The Morgan fingerprint density at radius 1 is 1.07 bits per heavy atom. The van der Waals surface area contributed by atoms with Crippen LogP contribution in [0.4, 0.5) is 0 Å². The van der Waals surface area contributed by atoms with Crippen LogP contribution in [0.3, 0.4) is 0 Å². The van der Waals surface area contributed by atoms with Gasteiger partial charge < -0.3 is 0 Å². The molecule has 0 aliphatic carbocycles. The molecule has 1 unspecified atom stereocenters. The summed E-state index contributed by atoms with van der Waals surface area (Å²) in [5.41, 5.74) is 1.37. The van der Waals surface area contributed by atoms with Crippen LogP contribution in [-0.2, 0) is 0 Å². The van der Waals surface area contributed by atoms with Gasteiger partial charge in [-0.2, -0.15) is 0 Å². The Kier molecular flexibility index (Phi) is 3.00. The lowest BCUT2D eigenvalue weighted by atomic mass is 9.95. The van der Waals surface area contributed by atoms with Crippen molar-refractivity contribution in [1.29, 1.82) is 0 Å². The molecule has 0 aliphatic rings. The van der Waals surface area contributed by atoms with Crippen LogP contribution in [-0.4, -0.2) is 0 Å². The van der Waals surface area contributed by atoms with Crippen LogP contribution in [0.15, 0.2) is 47.8 Å². The molecule has 1 heteroatoms. The molecule has 0 fully saturated rings. The number of hydrogen-bond donors (Lipinski definition) is 0. The monoisotopic (exact) mass is 201 g/mol. The van der Waals surface area contributed by atoms with Crippen LogP contribution in [0, 0.1) is 6.92 Å². The Labute approximate surface area is 89.2 Å². The van der Waals surface area contributed by atoms with Gasteiger partial charge in [-0.3, -0.25) is 0 Å². The summed E-state index contributed by atoms with van der Waals surface area (Å²) in [5, 5.41) is 2.13. The normalized spacial score (nSPS) is 12.6. The lowest BCUT2D eigenvalue weighted by Gasteiger charge is -2.12. The highest BCUT2D eigenvalue weighted by atomic mass is 32.1. The van der Waals surface area contributed by atoms with Crippen molar-refractivity contribution in [3.63, 3.8) is 0 Å². The van der Waals surface area contributed by atoms with Gasteiger partial charge in [0.1, 0.15) is 0 Å². The van der Waals surface area contributed by atoms with E-state index in [1.54, 1.807) is 0 Å². The first-order valence-corrected chi connectivity index (χ1v) is 5.67. The van der Waals surface area contributed by atoms with Crippen molar-refractivity contribution in [1.82, 2.24) is 0 Å². The van der Waals surface area contributed by atoms with Crippen LogP contribution in [0.25, 0.3) is 0 Å². The fraction of sp³-hybridized carbons (Fsp3) is 0.154. The highest BCUT2D eigenvalue weighted by Crippen LogP contribution is 2.30. The molecule has 2 aromatic rings. The Morgan fingerprint density at radius 3 is 2.43 bits per heavy atom. The SMILES string of the molecule is [CH2]CC(c1ccccc1)c1cccs1. The molecule has 71 valence electrons. The highest BCUT2D eigenvalue weighted by Gasteiger charge is 2.11. The summed E-state index contributed by atoms with van der Waals surface area (Å²) in [6.07, 6.45) is 0.921. The van der Waals surface area contributed by atoms with E-state index >= 15 is 0 Å². The van der Waals surface area contributed by atoms with Crippen molar-refractivity contribution >= 4 is 11.3 Å². The van der Waals surface area contributed by atoms with Gasteiger partial charge in [-0.1, -0.05) is 43.3 Å². The van der Waals surface area contributed by atoms with Crippen molar-refractivity contribution in [2.24, 2.45) is 0 Å². The van der Waals surface area contributed by atoms with Crippen LogP contribution < -0.4 is 0 Å². The average Bonchev–Trinajstić information content (AvgIpc) is 2.74. The first kappa shape index (κ1) is 9.47. The smallest absolute Gasteiger partial charge is 0.0183 e. The van der Waals surface area contributed by atoms with E-state index in [1.165, 1.54) is 10.4 Å². The summed E-state index contributed by atoms with van der Waals surface area (Å²) < 4.78 is 0. The molecule has 1 atom stereocenters. The Hall–Kier alpha value is -1.08. The maximum absolute atomic E-state index is 4.03. The van der Waals surface area contributed by atoms with E-state index in [2.05, 4.69) is 54.8 Å². The molecule has 1 aromatic carbocycles. The van der Waals surface area contributed by atoms with Crippen LogP contribution in [0.1, 0.15) is 22.8 Å². The van der Waals surface area contributed by atoms with Gasteiger partial charge in [-0.15, -0.1) is 11.3 Å². The number of rotatable bonds is 3. The van der Waals surface area contributed by atoms with Gasteiger partial charge in [0, 0.05) is 10.8 Å². The van der Waals surface area contributed by atoms with Crippen LogP contribution >= 0.6 is 11.3 Å². The molecule has 0 N–H and O–H groups in total. The van der Waals surface area contributed by atoms with Crippen molar-refractivity contribution in [3.05, 3.63) is 65.2 Å². The van der Waals surface area contributed by atoms with E-state index in [1.807, 2.05) is 11.3 Å². The molecule has 0 nitrogen and oxygen atoms in total. The molecule has 0 spiro atoms. The van der Waals surface area contributed by atoms with E-state index in [-0.39, 0.29) is 0 Å². The molecule has 0 aliphatic heterocycles. The van der Waals surface area contributed by atoms with Crippen LogP contribution in [0.5, 0.6) is 0 Å². The molecule has 1 radical (unpaired) electrons. The quantitative estimate of drug-likeness (QED) is 0.701. The predicted octanol–water partition coefficient (Wildman–Crippen LogP) is 4.10. The fourth-order valence-corrected chi connectivity index (χ4v) is 2.54. The first-order chi connectivity index (χ1) is 6.92. The van der Waals surface area contributed by atoms with Gasteiger partial charge in [-0.25, -0.2) is 0 Å². The standard InChI is InChI=1S/C13H13S/c1-2-12(13-9-6-10-14-13)11-7-4-3-5-8-11/h3-10,12H,1-2H2. The minimum atomic E-state index is 0.469. The first-order valence-electron chi connectivity index (χ1n) is 4.79. The Morgan fingerprint density at radius 2 is 1.86 bits per heavy atom. The second-order valence-corrected chi connectivity index (χ2v) is 4.25. The van der Waals surface area contributed by atoms with Crippen molar-refractivity contribution < 1.29 is 0 Å². The maximum Gasteiger partial charge on any atom is 0.0183 e. The zero-order valence-electron chi connectivity index (χ0n) is 8.02.